The Morgan fingerprint density at radius 3 is 2.41 bits per heavy atom. The highest BCUT2D eigenvalue weighted by molar-refractivity contribution is 6.30. The van der Waals surface area contributed by atoms with Gasteiger partial charge < -0.3 is 24.0 Å². The Labute approximate surface area is 223 Å². The van der Waals surface area contributed by atoms with Crippen molar-refractivity contribution >= 4 is 18.1 Å². The van der Waals surface area contributed by atoms with Crippen LogP contribution in [0.4, 0.5) is 0 Å². The van der Waals surface area contributed by atoms with Crippen LogP contribution in [0.25, 0.3) is 0 Å². The Hall–Kier alpha value is -2.78. The summed E-state index contributed by atoms with van der Waals surface area (Å²) >= 11 is 5.94. The molecule has 9 heteroatoms. The van der Waals surface area contributed by atoms with Gasteiger partial charge in [-0.15, -0.1) is 0 Å². The molecule has 2 aromatic carbocycles. The summed E-state index contributed by atoms with van der Waals surface area (Å²) in [6.45, 7) is 2.29. The van der Waals surface area contributed by atoms with Gasteiger partial charge in [0.25, 0.3) is 12.4 Å². The van der Waals surface area contributed by atoms with Crippen LogP contribution in [0, 0.1) is 5.92 Å². The first-order chi connectivity index (χ1) is 17.8. The lowest BCUT2D eigenvalue weighted by atomic mass is 9.73. The zero-order chi connectivity index (χ0) is 26.7. The van der Waals surface area contributed by atoms with Gasteiger partial charge in [-0.1, -0.05) is 78.5 Å². The Balaban J connectivity index is 0.00000121. The quantitative estimate of drug-likeness (QED) is 0.215. The van der Waals surface area contributed by atoms with E-state index in [2.05, 4.69) is 19.3 Å². The van der Waals surface area contributed by atoms with Crippen LogP contribution < -0.4 is 0 Å². The number of halogens is 1. The predicted molar refractivity (Wildman–Crippen MR) is 141 cm³/mol. The van der Waals surface area contributed by atoms with Crippen molar-refractivity contribution in [2.45, 2.75) is 50.9 Å². The van der Waals surface area contributed by atoms with Crippen molar-refractivity contribution < 1.29 is 28.8 Å². The third kappa shape index (κ3) is 8.10. The van der Waals surface area contributed by atoms with Gasteiger partial charge in [0.1, 0.15) is 13.1 Å². The molecule has 200 valence electrons. The maximum atomic E-state index is 12.0. The first-order valence-electron chi connectivity index (χ1n) is 12.6. The average molecular weight is 531 g/mol. The minimum atomic E-state index is -1.26. The van der Waals surface area contributed by atoms with Gasteiger partial charge in [-0.3, -0.25) is 4.79 Å². The number of carbonyl (C=O) groups is 1. The fraction of sp³-hybridized carbons (Fsp3) is 0.464. The van der Waals surface area contributed by atoms with E-state index in [1.54, 1.807) is 0 Å². The summed E-state index contributed by atoms with van der Waals surface area (Å²) < 4.78 is 12.2. The number of likely N-dealkylation sites (N-methyl/N-ethyl adjacent to an activating group) is 1. The Morgan fingerprint density at radius 1 is 1.11 bits per heavy atom. The highest BCUT2D eigenvalue weighted by atomic mass is 35.5. The minimum Gasteiger partial charge on any atom is -0.483 e. The zero-order valence-electron chi connectivity index (χ0n) is 21.6. The van der Waals surface area contributed by atoms with E-state index in [-0.39, 0.29) is 12.4 Å². The molecule has 1 aromatic heterocycles. The molecule has 1 saturated carbocycles. The normalized spacial score (nSPS) is 15.9. The zero-order valence-corrected chi connectivity index (χ0v) is 22.3. The third-order valence-electron chi connectivity index (χ3n) is 6.80. The molecule has 8 nitrogen and oxygen atoms in total. The van der Waals surface area contributed by atoms with Gasteiger partial charge in [-0.25, -0.2) is 0 Å². The summed E-state index contributed by atoms with van der Waals surface area (Å²) in [6.07, 6.45) is 5.34. The summed E-state index contributed by atoms with van der Waals surface area (Å²) in [6, 6.07) is 17.5. The topological polar surface area (TPSA) is 106 Å². The molecule has 4 rings (SSSR count). The first kappa shape index (κ1) is 28.8. The van der Waals surface area contributed by atoms with Gasteiger partial charge in [0.2, 0.25) is 5.82 Å². The second kappa shape index (κ2) is 13.7. The second-order valence-electron chi connectivity index (χ2n) is 10.1. The fourth-order valence-electron chi connectivity index (χ4n) is 4.76. The fourth-order valence-corrected chi connectivity index (χ4v) is 4.89. The summed E-state index contributed by atoms with van der Waals surface area (Å²) in [7, 11) is 4.23. The number of aromatic nitrogens is 2. The summed E-state index contributed by atoms with van der Waals surface area (Å²) in [5.74, 6) is 0.975. The molecular formula is C28H37ClN3O5+. The van der Waals surface area contributed by atoms with Gasteiger partial charge in [-0.2, -0.15) is 4.98 Å². The number of hydrogen-bond donors (Lipinski definition) is 2. The maximum Gasteiger partial charge on any atom is 0.290 e. The van der Waals surface area contributed by atoms with Crippen molar-refractivity contribution in [3.05, 3.63) is 82.5 Å². The molecule has 1 heterocycles. The van der Waals surface area contributed by atoms with Gasteiger partial charge in [0, 0.05) is 10.9 Å². The van der Waals surface area contributed by atoms with Crippen LogP contribution in [0.2, 0.25) is 5.02 Å². The standard InChI is InChI=1S/C27H35ClN3O3.CH2O2/c1-31(2,17-18-33-20-21-13-15-24(28)16-14-21)19-25-29-26(34-30-25)27(32,22-9-5-3-6-10-22)23-11-7-4-8-12-23;2-1-3/h3,5-6,9-10,13-16,23,32H,4,7-8,11-12,17-20H2,1-2H3;1H,(H,2,3)/q+1;. The molecule has 1 unspecified atom stereocenters. The van der Waals surface area contributed by atoms with Crippen molar-refractivity contribution in [3.63, 3.8) is 0 Å². The van der Waals surface area contributed by atoms with E-state index in [1.165, 1.54) is 6.42 Å². The van der Waals surface area contributed by atoms with Crippen LogP contribution in [-0.2, 0) is 28.3 Å². The molecule has 1 atom stereocenters. The van der Waals surface area contributed by atoms with E-state index < -0.39 is 5.60 Å². The van der Waals surface area contributed by atoms with E-state index in [0.717, 1.165) is 48.4 Å². The number of ether oxygens (including phenoxy) is 1. The Kier molecular flexibility index (Phi) is 10.6. The first-order valence-corrected chi connectivity index (χ1v) is 13.0. The van der Waals surface area contributed by atoms with E-state index >= 15 is 0 Å². The molecule has 3 aromatic rings. The lowest BCUT2D eigenvalue weighted by molar-refractivity contribution is -0.904. The summed E-state index contributed by atoms with van der Waals surface area (Å²) in [4.78, 5) is 13.1. The third-order valence-corrected chi connectivity index (χ3v) is 7.05. The van der Waals surface area contributed by atoms with Crippen LogP contribution in [0.1, 0.15) is 54.9 Å². The monoisotopic (exact) mass is 530 g/mol. The number of benzene rings is 2. The molecule has 1 aliphatic rings. The highest BCUT2D eigenvalue weighted by Crippen LogP contribution is 2.43. The number of hydrogen-bond acceptors (Lipinski definition) is 6. The number of aliphatic hydroxyl groups is 1. The van der Waals surface area contributed by atoms with Crippen molar-refractivity contribution in [3.8, 4) is 0 Å². The summed E-state index contributed by atoms with van der Waals surface area (Å²) in [5.41, 5.74) is 0.660. The molecule has 0 bridgehead atoms. The smallest absolute Gasteiger partial charge is 0.290 e. The Bertz CT molecular complexity index is 1080. The number of carboxylic acid groups (broad SMARTS) is 1. The molecule has 2 N–H and O–H groups in total. The van der Waals surface area contributed by atoms with Crippen LogP contribution in [0.15, 0.2) is 59.1 Å². The highest BCUT2D eigenvalue weighted by Gasteiger charge is 2.45. The van der Waals surface area contributed by atoms with Gasteiger partial charge >= 0.3 is 0 Å². The van der Waals surface area contributed by atoms with E-state index in [9.17, 15) is 5.11 Å². The van der Waals surface area contributed by atoms with E-state index in [4.69, 9.17) is 35.7 Å². The largest absolute Gasteiger partial charge is 0.483 e. The van der Waals surface area contributed by atoms with Crippen LogP contribution in [-0.4, -0.2) is 58.6 Å². The number of nitrogens with zero attached hydrogens (tertiary/aromatic N) is 3. The Morgan fingerprint density at radius 2 is 1.76 bits per heavy atom. The van der Waals surface area contributed by atoms with Crippen LogP contribution in [0.5, 0.6) is 0 Å². The van der Waals surface area contributed by atoms with Crippen molar-refractivity contribution in [1.82, 2.24) is 10.1 Å². The maximum absolute atomic E-state index is 12.0. The van der Waals surface area contributed by atoms with Crippen molar-refractivity contribution in [2.75, 3.05) is 27.2 Å². The predicted octanol–water partition coefficient (Wildman–Crippen LogP) is 5.03. The number of quaternary nitrogens is 1. The molecule has 1 aliphatic carbocycles. The van der Waals surface area contributed by atoms with Crippen molar-refractivity contribution in [1.29, 1.82) is 0 Å². The molecule has 0 aliphatic heterocycles. The van der Waals surface area contributed by atoms with Gasteiger partial charge in [-0.05, 0) is 36.1 Å². The van der Waals surface area contributed by atoms with Crippen molar-refractivity contribution in [2.24, 2.45) is 5.92 Å². The van der Waals surface area contributed by atoms with E-state index in [0.29, 0.717) is 36.0 Å². The molecular weight excluding hydrogens is 494 g/mol. The molecule has 0 amide bonds. The van der Waals surface area contributed by atoms with Gasteiger partial charge in [0.05, 0.1) is 27.3 Å². The lowest BCUT2D eigenvalue weighted by Crippen LogP contribution is -2.42. The molecule has 1 fully saturated rings. The van der Waals surface area contributed by atoms with E-state index in [1.807, 2.05) is 54.6 Å². The van der Waals surface area contributed by atoms with Crippen LogP contribution >= 0.6 is 11.6 Å². The SMILES string of the molecule is C[N+](C)(CCOCc1ccc(Cl)cc1)Cc1noc(C(O)(c2ccccc2)C2CCCCC2)n1.O=CO. The summed E-state index contributed by atoms with van der Waals surface area (Å²) in [5, 5.41) is 23.8. The lowest BCUT2D eigenvalue weighted by Gasteiger charge is -2.36. The molecule has 37 heavy (non-hydrogen) atoms. The second-order valence-corrected chi connectivity index (χ2v) is 10.5. The minimum absolute atomic E-state index is 0.0701. The molecule has 0 spiro atoms. The molecule has 0 saturated heterocycles. The van der Waals surface area contributed by atoms with Crippen LogP contribution in [0.3, 0.4) is 0 Å². The van der Waals surface area contributed by atoms with Gasteiger partial charge in [0.15, 0.2) is 5.60 Å². The molecule has 0 radical (unpaired) electrons. The number of rotatable bonds is 10. The average Bonchev–Trinajstić information content (AvgIpc) is 3.37.